The van der Waals surface area contributed by atoms with Gasteiger partial charge in [0, 0.05) is 17.8 Å². The quantitative estimate of drug-likeness (QED) is 0.668. The van der Waals surface area contributed by atoms with Gasteiger partial charge in [-0.1, -0.05) is 18.6 Å². The van der Waals surface area contributed by atoms with E-state index in [1.807, 2.05) is 0 Å². The van der Waals surface area contributed by atoms with Crippen molar-refractivity contribution in [2.75, 3.05) is 0 Å². The number of hydrogen-bond donors (Lipinski definition) is 2. The van der Waals surface area contributed by atoms with Gasteiger partial charge >= 0.3 is 5.97 Å². The summed E-state index contributed by atoms with van der Waals surface area (Å²) in [7, 11) is 0. The van der Waals surface area contributed by atoms with E-state index in [1.165, 1.54) is 25.7 Å². The summed E-state index contributed by atoms with van der Waals surface area (Å²) in [5, 5.41) is 17.4. The lowest BCUT2D eigenvalue weighted by Gasteiger charge is -1.98. The zero-order valence-electron chi connectivity index (χ0n) is 10.5. The second kappa shape index (κ2) is 7.16. The van der Waals surface area contributed by atoms with Crippen LogP contribution in [0.1, 0.15) is 38.5 Å². The van der Waals surface area contributed by atoms with Crippen molar-refractivity contribution >= 4 is 11.9 Å². The first-order valence-electron chi connectivity index (χ1n) is 6.43. The average Bonchev–Trinajstić information content (AvgIpc) is 2.84. The topological polar surface area (TPSA) is 105 Å². The first-order valence-corrected chi connectivity index (χ1v) is 6.43. The van der Waals surface area contributed by atoms with Gasteiger partial charge in [-0.05, 0) is 25.7 Å². The number of rotatable bonds is 3. The molecule has 0 saturated heterocycles. The maximum atomic E-state index is 9.61. The molecule has 4 N–H and O–H groups in total. The van der Waals surface area contributed by atoms with Gasteiger partial charge < -0.3 is 20.7 Å². The van der Waals surface area contributed by atoms with Gasteiger partial charge in [-0.15, -0.1) is 0 Å². The zero-order valence-corrected chi connectivity index (χ0v) is 10.5. The van der Waals surface area contributed by atoms with Crippen LogP contribution >= 0.6 is 0 Å². The molecular formula is C13H21NO4. The molecule has 102 valence electrons. The first-order chi connectivity index (χ1) is 8.52. The van der Waals surface area contributed by atoms with E-state index in [0.717, 1.165) is 17.9 Å². The van der Waals surface area contributed by atoms with E-state index >= 15 is 0 Å². The van der Waals surface area contributed by atoms with Gasteiger partial charge in [0.25, 0.3) is 0 Å². The van der Waals surface area contributed by atoms with Crippen LogP contribution in [0.2, 0.25) is 0 Å². The number of carboxylic acids is 2. The Morgan fingerprint density at radius 2 is 2.06 bits per heavy atom. The number of hydrogen-bond acceptors (Lipinski definition) is 3. The van der Waals surface area contributed by atoms with Gasteiger partial charge in [-0.3, -0.25) is 4.79 Å². The van der Waals surface area contributed by atoms with Crippen LogP contribution in [0.25, 0.3) is 0 Å². The molecule has 0 amide bonds. The highest BCUT2D eigenvalue weighted by atomic mass is 16.4. The third-order valence-corrected chi connectivity index (χ3v) is 3.46. The van der Waals surface area contributed by atoms with Crippen molar-refractivity contribution in [2.24, 2.45) is 11.8 Å². The van der Waals surface area contributed by atoms with Crippen LogP contribution < -0.4 is 10.8 Å². The minimum atomic E-state index is -1.33. The zero-order chi connectivity index (χ0) is 13.5. The number of aliphatic carboxylic acids is 2. The standard InChI is InChI=1S/C9H15N.C4H6O4/c10-9-7-5-3-1-2-4-6-8(7)9;5-3(6)1-2-4(7)8/h3,5,7-9H,1-2,4,6,10H2;1-2H2,(H,5,6)(H,7,8)/b5-3-;. The van der Waals surface area contributed by atoms with E-state index in [2.05, 4.69) is 17.9 Å². The normalized spacial score (nSPS) is 30.8. The monoisotopic (exact) mass is 255 g/mol. The van der Waals surface area contributed by atoms with Gasteiger partial charge in [0.05, 0.1) is 12.5 Å². The molecule has 3 unspecified atom stereocenters. The summed E-state index contributed by atoms with van der Waals surface area (Å²) < 4.78 is 0. The van der Waals surface area contributed by atoms with Crippen LogP contribution in [-0.2, 0) is 9.59 Å². The molecule has 1 fully saturated rings. The first kappa shape index (κ1) is 14.7. The van der Waals surface area contributed by atoms with Crippen LogP contribution in [0.15, 0.2) is 12.2 Å². The average molecular weight is 255 g/mol. The molecule has 0 spiro atoms. The summed E-state index contributed by atoms with van der Waals surface area (Å²) in [6.45, 7) is 0. The predicted molar refractivity (Wildman–Crippen MR) is 63.1 cm³/mol. The molecule has 0 bridgehead atoms. The van der Waals surface area contributed by atoms with Crippen molar-refractivity contribution in [1.29, 1.82) is 0 Å². The van der Waals surface area contributed by atoms with Crippen molar-refractivity contribution < 1.29 is 25.5 Å². The molecule has 2 aliphatic rings. The third kappa shape index (κ3) is 5.31. The number of carbonyl (C=O) groups excluding carboxylic acids is 1. The van der Waals surface area contributed by atoms with Gasteiger partial charge in [0.2, 0.25) is 0 Å². The van der Waals surface area contributed by atoms with Crippen LogP contribution in [0.5, 0.6) is 0 Å². The molecule has 1 saturated carbocycles. The number of fused-ring (bicyclic) bond motifs is 1. The van der Waals surface area contributed by atoms with Crippen molar-refractivity contribution in [3.63, 3.8) is 0 Å². The van der Waals surface area contributed by atoms with Crippen LogP contribution in [0, 0.1) is 11.8 Å². The lowest BCUT2D eigenvalue weighted by molar-refractivity contribution is -0.392. The van der Waals surface area contributed by atoms with Crippen molar-refractivity contribution in [3.8, 4) is 0 Å². The highest BCUT2D eigenvalue weighted by Gasteiger charge is 2.48. The van der Waals surface area contributed by atoms with Crippen molar-refractivity contribution in [1.82, 2.24) is 0 Å². The Balaban J connectivity index is 0.000000187. The maximum Gasteiger partial charge on any atom is 0.303 e. The number of carboxylic acid groups (broad SMARTS) is 2. The number of carbonyl (C=O) groups is 2. The summed E-state index contributed by atoms with van der Waals surface area (Å²) in [4.78, 5) is 19.1. The largest absolute Gasteiger partial charge is 0.550 e. The maximum absolute atomic E-state index is 9.61. The van der Waals surface area contributed by atoms with E-state index in [1.54, 1.807) is 0 Å². The minimum Gasteiger partial charge on any atom is -0.550 e. The fraction of sp³-hybridized carbons (Fsp3) is 0.692. The SMILES string of the molecule is O=C([O-])CCC(=O)O.[NH3+]C1C2/C=C\CCCCC12. The molecule has 0 aromatic heterocycles. The van der Waals surface area contributed by atoms with Crippen molar-refractivity contribution in [2.45, 2.75) is 44.6 Å². The summed E-state index contributed by atoms with van der Waals surface area (Å²) in [5.74, 6) is -0.626. The molecule has 3 atom stereocenters. The third-order valence-electron chi connectivity index (χ3n) is 3.46. The lowest BCUT2D eigenvalue weighted by atomic mass is 10.1. The van der Waals surface area contributed by atoms with E-state index in [9.17, 15) is 14.7 Å². The second-order valence-electron chi connectivity index (χ2n) is 4.88. The molecule has 0 heterocycles. The molecule has 0 aliphatic heterocycles. The Kier molecular flexibility index (Phi) is 5.85. The molecule has 2 rings (SSSR count). The Morgan fingerprint density at radius 3 is 2.61 bits per heavy atom. The Morgan fingerprint density at radius 1 is 1.33 bits per heavy atom. The Bertz CT molecular complexity index is 313. The molecule has 5 heteroatoms. The fourth-order valence-electron chi connectivity index (χ4n) is 2.27. The second-order valence-corrected chi connectivity index (χ2v) is 4.88. The number of allylic oxidation sites excluding steroid dienone is 1. The molecule has 0 aromatic carbocycles. The predicted octanol–water partition coefficient (Wildman–Crippen LogP) is -0.426. The van der Waals surface area contributed by atoms with Crippen molar-refractivity contribution in [3.05, 3.63) is 12.2 Å². The highest BCUT2D eigenvalue weighted by Crippen LogP contribution is 2.42. The van der Waals surface area contributed by atoms with E-state index in [4.69, 9.17) is 5.11 Å². The summed E-state index contributed by atoms with van der Waals surface area (Å²) in [5.41, 5.74) is 4.13. The lowest BCUT2D eigenvalue weighted by Crippen LogP contribution is -2.54. The molecule has 5 nitrogen and oxygen atoms in total. The smallest absolute Gasteiger partial charge is 0.303 e. The van der Waals surface area contributed by atoms with Crippen LogP contribution in [-0.4, -0.2) is 23.1 Å². The highest BCUT2D eigenvalue weighted by molar-refractivity contribution is 5.74. The van der Waals surface area contributed by atoms with Crippen LogP contribution in [0.3, 0.4) is 0 Å². The molecular weight excluding hydrogens is 234 g/mol. The van der Waals surface area contributed by atoms with E-state index in [0.29, 0.717) is 0 Å². The van der Waals surface area contributed by atoms with E-state index in [-0.39, 0.29) is 6.42 Å². The number of quaternary nitrogens is 1. The minimum absolute atomic E-state index is 0.359. The van der Waals surface area contributed by atoms with Gasteiger partial charge in [0.1, 0.15) is 0 Å². The fourth-order valence-corrected chi connectivity index (χ4v) is 2.27. The summed E-state index contributed by atoms with van der Waals surface area (Å²) in [6, 6.07) is 0.759. The molecule has 2 aliphatic carbocycles. The Labute approximate surface area is 107 Å². The molecule has 0 radical (unpaired) electrons. The molecule has 0 aromatic rings. The van der Waals surface area contributed by atoms with E-state index < -0.39 is 18.4 Å². The summed E-state index contributed by atoms with van der Waals surface area (Å²) >= 11 is 0. The van der Waals surface area contributed by atoms with Crippen LogP contribution in [0.4, 0.5) is 0 Å². The van der Waals surface area contributed by atoms with Gasteiger partial charge in [0.15, 0.2) is 0 Å². The van der Waals surface area contributed by atoms with Gasteiger partial charge in [-0.25, -0.2) is 0 Å². The molecule has 18 heavy (non-hydrogen) atoms. The van der Waals surface area contributed by atoms with Gasteiger partial charge in [-0.2, -0.15) is 0 Å². The summed E-state index contributed by atoms with van der Waals surface area (Å²) in [6.07, 6.45) is 9.53. The Hall–Kier alpha value is -1.36.